The van der Waals surface area contributed by atoms with Crippen LogP contribution in [0.25, 0.3) is 0 Å². The Morgan fingerprint density at radius 3 is 1.68 bits per heavy atom. The van der Waals surface area contributed by atoms with Crippen molar-refractivity contribution in [3.63, 3.8) is 0 Å². The van der Waals surface area contributed by atoms with E-state index in [9.17, 15) is 9.59 Å². The molecule has 6 heteroatoms. The second-order valence-electron chi connectivity index (χ2n) is 7.78. The average molecular weight is 400 g/mol. The van der Waals surface area contributed by atoms with Crippen LogP contribution in [0.15, 0.2) is 0 Å². The summed E-state index contributed by atoms with van der Waals surface area (Å²) in [7, 11) is 0. The Bertz CT molecular complexity index is 378. The van der Waals surface area contributed by atoms with Crippen molar-refractivity contribution in [2.45, 2.75) is 109 Å². The zero-order valence-electron chi connectivity index (χ0n) is 18.1. The molecule has 0 saturated heterocycles. The first-order valence-electron chi connectivity index (χ1n) is 11.5. The molecule has 5 N–H and O–H groups in total. The zero-order chi connectivity index (χ0) is 20.9. The predicted octanol–water partition coefficient (Wildman–Crippen LogP) is 3.98. The first-order chi connectivity index (χ1) is 13.6. The second-order valence-corrected chi connectivity index (χ2v) is 7.78. The first kappa shape index (κ1) is 26.9. The monoisotopic (exact) mass is 399 g/mol. The number of carbonyl (C=O) groups excluding carboxylic acids is 1. The van der Waals surface area contributed by atoms with Gasteiger partial charge in [-0.05, 0) is 6.42 Å². The van der Waals surface area contributed by atoms with Crippen molar-refractivity contribution in [2.24, 2.45) is 5.73 Å². The summed E-state index contributed by atoms with van der Waals surface area (Å²) in [4.78, 5) is 22.9. The number of carboxylic acids is 1. The van der Waals surface area contributed by atoms with Gasteiger partial charge in [0.2, 0.25) is 5.91 Å². The molecule has 166 valence electrons. The fraction of sp³-hybridized carbons (Fsp3) is 0.909. The Morgan fingerprint density at radius 2 is 1.25 bits per heavy atom. The SMILES string of the molecule is CCCCCCCCCCCCCCCCNC(=O)CC(NCCN)C(=O)O. The number of unbranched alkanes of at least 4 members (excludes halogenated alkanes) is 13. The van der Waals surface area contributed by atoms with E-state index in [-0.39, 0.29) is 12.3 Å². The molecular formula is C22H45N3O3. The normalized spacial score (nSPS) is 12.1. The van der Waals surface area contributed by atoms with Crippen molar-refractivity contribution in [1.82, 2.24) is 10.6 Å². The standard InChI is InChI=1S/C22H45N3O3/c1-2-3-4-5-6-7-8-9-10-11-12-13-14-15-17-25-21(26)19-20(22(27)28)24-18-16-23/h20,24H,2-19,23H2,1H3,(H,25,26)(H,27,28). The van der Waals surface area contributed by atoms with Crippen molar-refractivity contribution in [2.75, 3.05) is 19.6 Å². The quantitative estimate of drug-likeness (QED) is 0.219. The van der Waals surface area contributed by atoms with Gasteiger partial charge in [0.1, 0.15) is 6.04 Å². The minimum absolute atomic E-state index is 0.0477. The van der Waals surface area contributed by atoms with E-state index in [1.807, 2.05) is 0 Å². The second kappa shape index (κ2) is 20.6. The molecule has 0 spiro atoms. The van der Waals surface area contributed by atoms with Crippen molar-refractivity contribution >= 4 is 11.9 Å². The Morgan fingerprint density at radius 1 is 0.786 bits per heavy atom. The Kier molecular flexibility index (Phi) is 19.8. The van der Waals surface area contributed by atoms with Gasteiger partial charge >= 0.3 is 5.97 Å². The number of amides is 1. The lowest BCUT2D eigenvalue weighted by atomic mass is 10.0. The minimum atomic E-state index is -1.01. The van der Waals surface area contributed by atoms with Gasteiger partial charge in [-0.3, -0.25) is 9.59 Å². The molecule has 0 aliphatic carbocycles. The zero-order valence-corrected chi connectivity index (χ0v) is 18.1. The molecule has 0 aromatic heterocycles. The number of hydrogen-bond acceptors (Lipinski definition) is 4. The fourth-order valence-electron chi connectivity index (χ4n) is 3.31. The molecule has 0 rings (SSSR count). The van der Waals surface area contributed by atoms with Gasteiger partial charge in [0.05, 0.1) is 6.42 Å². The molecule has 28 heavy (non-hydrogen) atoms. The van der Waals surface area contributed by atoms with E-state index < -0.39 is 12.0 Å². The molecule has 0 aromatic rings. The van der Waals surface area contributed by atoms with Gasteiger partial charge < -0.3 is 21.5 Å². The molecule has 1 atom stereocenters. The minimum Gasteiger partial charge on any atom is -0.480 e. The number of nitrogens with two attached hydrogens (primary N) is 1. The third kappa shape index (κ3) is 18.2. The van der Waals surface area contributed by atoms with Crippen LogP contribution in [0, 0.1) is 0 Å². The van der Waals surface area contributed by atoms with Crippen LogP contribution in [-0.4, -0.2) is 42.7 Å². The van der Waals surface area contributed by atoms with Crippen molar-refractivity contribution in [1.29, 1.82) is 0 Å². The maximum absolute atomic E-state index is 11.8. The fourth-order valence-corrected chi connectivity index (χ4v) is 3.31. The van der Waals surface area contributed by atoms with E-state index in [0.717, 1.165) is 12.8 Å². The molecule has 0 aromatic carbocycles. The lowest BCUT2D eigenvalue weighted by Crippen LogP contribution is -2.43. The number of hydrogen-bond donors (Lipinski definition) is 4. The number of carbonyl (C=O) groups is 2. The van der Waals surface area contributed by atoms with Crippen LogP contribution in [-0.2, 0) is 9.59 Å². The molecule has 1 amide bonds. The van der Waals surface area contributed by atoms with E-state index >= 15 is 0 Å². The van der Waals surface area contributed by atoms with Crippen LogP contribution in [0.2, 0.25) is 0 Å². The van der Waals surface area contributed by atoms with Crippen LogP contribution in [0.4, 0.5) is 0 Å². The molecular weight excluding hydrogens is 354 g/mol. The molecule has 0 heterocycles. The molecule has 0 aliphatic heterocycles. The number of aliphatic carboxylic acids is 1. The van der Waals surface area contributed by atoms with E-state index in [2.05, 4.69) is 17.6 Å². The molecule has 0 bridgehead atoms. The van der Waals surface area contributed by atoms with Crippen LogP contribution < -0.4 is 16.4 Å². The van der Waals surface area contributed by atoms with Crippen LogP contribution in [0.1, 0.15) is 103 Å². The predicted molar refractivity (Wildman–Crippen MR) is 116 cm³/mol. The highest BCUT2D eigenvalue weighted by Crippen LogP contribution is 2.12. The molecule has 0 saturated carbocycles. The average Bonchev–Trinajstić information content (AvgIpc) is 2.67. The third-order valence-electron chi connectivity index (χ3n) is 5.08. The lowest BCUT2D eigenvalue weighted by Gasteiger charge is -2.13. The van der Waals surface area contributed by atoms with Gasteiger partial charge in [0.15, 0.2) is 0 Å². The number of rotatable bonds is 21. The topological polar surface area (TPSA) is 104 Å². The van der Waals surface area contributed by atoms with Gasteiger partial charge in [-0.2, -0.15) is 0 Å². The van der Waals surface area contributed by atoms with Crippen molar-refractivity contribution in [3.8, 4) is 0 Å². The van der Waals surface area contributed by atoms with Crippen LogP contribution in [0.5, 0.6) is 0 Å². The van der Waals surface area contributed by atoms with Crippen LogP contribution >= 0.6 is 0 Å². The number of carboxylic acid groups (broad SMARTS) is 1. The maximum atomic E-state index is 11.8. The largest absolute Gasteiger partial charge is 0.480 e. The van der Waals surface area contributed by atoms with E-state index in [0.29, 0.717) is 19.6 Å². The molecule has 6 nitrogen and oxygen atoms in total. The summed E-state index contributed by atoms with van der Waals surface area (Å²) in [6.45, 7) is 3.63. The summed E-state index contributed by atoms with van der Waals surface area (Å²) in [6.07, 6.45) is 18.2. The summed E-state index contributed by atoms with van der Waals surface area (Å²) in [5.41, 5.74) is 5.35. The van der Waals surface area contributed by atoms with E-state index in [1.54, 1.807) is 0 Å². The number of nitrogens with one attached hydrogen (secondary N) is 2. The van der Waals surface area contributed by atoms with Crippen LogP contribution in [0.3, 0.4) is 0 Å². The van der Waals surface area contributed by atoms with E-state index in [1.165, 1.54) is 77.0 Å². The Balaban J connectivity index is 3.38. The van der Waals surface area contributed by atoms with Gasteiger partial charge in [-0.15, -0.1) is 0 Å². The summed E-state index contributed by atoms with van der Waals surface area (Å²) in [5, 5.41) is 14.7. The summed E-state index contributed by atoms with van der Waals surface area (Å²) in [6, 6.07) is -0.861. The molecule has 0 radical (unpaired) electrons. The summed E-state index contributed by atoms with van der Waals surface area (Å²) < 4.78 is 0. The summed E-state index contributed by atoms with van der Waals surface area (Å²) in [5.74, 6) is -1.23. The van der Waals surface area contributed by atoms with Crippen molar-refractivity contribution in [3.05, 3.63) is 0 Å². The smallest absolute Gasteiger partial charge is 0.321 e. The highest BCUT2D eigenvalue weighted by molar-refractivity contribution is 5.84. The van der Waals surface area contributed by atoms with Gasteiger partial charge in [0, 0.05) is 19.6 Å². The molecule has 1 unspecified atom stereocenters. The van der Waals surface area contributed by atoms with Gasteiger partial charge in [-0.25, -0.2) is 0 Å². The van der Waals surface area contributed by atoms with Crippen molar-refractivity contribution < 1.29 is 14.7 Å². The lowest BCUT2D eigenvalue weighted by molar-refractivity contribution is -0.141. The highest BCUT2D eigenvalue weighted by Gasteiger charge is 2.19. The van der Waals surface area contributed by atoms with E-state index in [4.69, 9.17) is 10.8 Å². The summed E-state index contributed by atoms with van der Waals surface area (Å²) >= 11 is 0. The Hall–Kier alpha value is -1.14. The molecule has 0 fully saturated rings. The Labute approximate surface area is 172 Å². The van der Waals surface area contributed by atoms with Gasteiger partial charge in [-0.1, -0.05) is 90.4 Å². The highest BCUT2D eigenvalue weighted by atomic mass is 16.4. The van der Waals surface area contributed by atoms with Gasteiger partial charge in [0.25, 0.3) is 0 Å². The first-order valence-corrected chi connectivity index (χ1v) is 11.5. The maximum Gasteiger partial charge on any atom is 0.321 e. The third-order valence-corrected chi connectivity index (χ3v) is 5.08. The molecule has 0 aliphatic rings.